The Bertz CT molecular complexity index is 479. The first-order chi connectivity index (χ1) is 8.27. The number of nitrogens with two attached hydrogens (primary N) is 1. The third kappa shape index (κ3) is 2.12. The molecule has 0 radical (unpaired) electrons. The van der Waals surface area contributed by atoms with Gasteiger partial charge in [0, 0.05) is 5.56 Å². The Kier molecular flexibility index (Phi) is 3.35. The molecule has 1 aromatic carbocycles. The topological polar surface area (TPSA) is 57.6 Å². The standard InChI is InChI=1S/C13H15NO3/c1-15-11-6-3-5-9(13(11)16-2)12(14)10-7-4-8-17-10/h3-8,12H,14H2,1-2H3. The summed E-state index contributed by atoms with van der Waals surface area (Å²) in [7, 11) is 3.19. The Hall–Kier alpha value is -1.94. The first-order valence-corrected chi connectivity index (χ1v) is 5.27. The lowest BCUT2D eigenvalue weighted by atomic mass is 10.0. The molecular formula is C13H15NO3. The minimum absolute atomic E-state index is 0.366. The average molecular weight is 233 g/mol. The Morgan fingerprint density at radius 3 is 2.53 bits per heavy atom. The number of benzene rings is 1. The quantitative estimate of drug-likeness (QED) is 0.880. The second-order valence-corrected chi connectivity index (χ2v) is 3.58. The third-order valence-electron chi connectivity index (χ3n) is 2.62. The summed E-state index contributed by atoms with van der Waals surface area (Å²) >= 11 is 0. The molecule has 1 heterocycles. The summed E-state index contributed by atoms with van der Waals surface area (Å²) in [6.07, 6.45) is 1.60. The maximum atomic E-state index is 6.13. The van der Waals surface area contributed by atoms with E-state index in [-0.39, 0.29) is 6.04 Å². The Morgan fingerprint density at radius 1 is 1.12 bits per heavy atom. The van der Waals surface area contributed by atoms with Crippen molar-refractivity contribution >= 4 is 0 Å². The molecule has 0 fully saturated rings. The van der Waals surface area contributed by atoms with E-state index in [1.165, 1.54) is 0 Å². The molecule has 4 nitrogen and oxygen atoms in total. The maximum absolute atomic E-state index is 6.13. The molecular weight excluding hydrogens is 218 g/mol. The van der Waals surface area contributed by atoms with Gasteiger partial charge in [0.25, 0.3) is 0 Å². The fourth-order valence-corrected chi connectivity index (χ4v) is 1.78. The van der Waals surface area contributed by atoms with Gasteiger partial charge in [-0.05, 0) is 18.2 Å². The zero-order valence-electron chi connectivity index (χ0n) is 9.84. The van der Waals surface area contributed by atoms with Crippen molar-refractivity contribution in [2.45, 2.75) is 6.04 Å². The van der Waals surface area contributed by atoms with Crippen LogP contribution in [-0.4, -0.2) is 14.2 Å². The highest BCUT2D eigenvalue weighted by molar-refractivity contribution is 5.49. The monoisotopic (exact) mass is 233 g/mol. The Balaban J connectivity index is 2.44. The van der Waals surface area contributed by atoms with E-state index < -0.39 is 0 Å². The van der Waals surface area contributed by atoms with E-state index in [0.717, 1.165) is 5.56 Å². The fourth-order valence-electron chi connectivity index (χ4n) is 1.78. The zero-order chi connectivity index (χ0) is 12.3. The van der Waals surface area contributed by atoms with Gasteiger partial charge in [-0.3, -0.25) is 0 Å². The van der Waals surface area contributed by atoms with E-state index in [0.29, 0.717) is 17.3 Å². The molecule has 0 aliphatic rings. The van der Waals surface area contributed by atoms with Crippen LogP contribution in [-0.2, 0) is 0 Å². The molecule has 0 spiro atoms. The SMILES string of the molecule is COc1cccc(C(N)c2ccco2)c1OC. The van der Waals surface area contributed by atoms with Crippen LogP contribution in [0.1, 0.15) is 17.4 Å². The molecule has 1 unspecified atom stereocenters. The molecule has 2 aromatic rings. The predicted octanol–water partition coefficient (Wildman–Crippen LogP) is 2.34. The van der Waals surface area contributed by atoms with Crippen molar-refractivity contribution in [1.29, 1.82) is 0 Å². The highest BCUT2D eigenvalue weighted by Gasteiger charge is 2.18. The summed E-state index contributed by atoms with van der Waals surface area (Å²) in [6.45, 7) is 0. The third-order valence-corrected chi connectivity index (χ3v) is 2.62. The van der Waals surface area contributed by atoms with Crippen LogP contribution in [0.2, 0.25) is 0 Å². The molecule has 2 N–H and O–H groups in total. The van der Waals surface area contributed by atoms with Crippen LogP contribution < -0.4 is 15.2 Å². The van der Waals surface area contributed by atoms with Gasteiger partial charge in [-0.15, -0.1) is 0 Å². The number of methoxy groups -OCH3 is 2. The van der Waals surface area contributed by atoms with E-state index in [1.54, 1.807) is 20.5 Å². The van der Waals surface area contributed by atoms with Crippen LogP contribution in [0.15, 0.2) is 41.0 Å². The van der Waals surface area contributed by atoms with E-state index in [2.05, 4.69) is 0 Å². The van der Waals surface area contributed by atoms with Crippen molar-refractivity contribution in [1.82, 2.24) is 0 Å². The molecule has 0 bridgehead atoms. The number of ether oxygens (including phenoxy) is 2. The molecule has 90 valence electrons. The van der Waals surface area contributed by atoms with Gasteiger partial charge in [-0.25, -0.2) is 0 Å². The van der Waals surface area contributed by atoms with Crippen molar-refractivity contribution in [3.8, 4) is 11.5 Å². The summed E-state index contributed by atoms with van der Waals surface area (Å²) in [5.74, 6) is 1.99. The summed E-state index contributed by atoms with van der Waals surface area (Å²) < 4.78 is 15.9. The van der Waals surface area contributed by atoms with Gasteiger partial charge in [-0.1, -0.05) is 12.1 Å². The highest BCUT2D eigenvalue weighted by atomic mass is 16.5. The van der Waals surface area contributed by atoms with Crippen LogP contribution in [0, 0.1) is 0 Å². The lowest BCUT2D eigenvalue weighted by Gasteiger charge is -2.16. The van der Waals surface area contributed by atoms with Gasteiger partial charge < -0.3 is 19.6 Å². The first kappa shape index (κ1) is 11.5. The lowest BCUT2D eigenvalue weighted by molar-refractivity contribution is 0.349. The van der Waals surface area contributed by atoms with Crippen molar-refractivity contribution in [3.63, 3.8) is 0 Å². The molecule has 1 atom stereocenters. The number of hydrogen-bond donors (Lipinski definition) is 1. The molecule has 0 amide bonds. The summed E-state index contributed by atoms with van der Waals surface area (Å²) in [5, 5.41) is 0. The molecule has 2 rings (SSSR count). The second kappa shape index (κ2) is 4.93. The molecule has 0 saturated carbocycles. The summed E-state index contributed by atoms with van der Waals surface area (Å²) in [5.41, 5.74) is 6.97. The number of hydrogen-bond acceptors (Lipinski definition) is 4. The predicted molar refractivity (Wildman–Crippen MR) is 64.3 cm³/mol. The minimum Gasteiger partial charge on any atom is -0.493 e. The Morgan fingerprint density at radius 2 is 1.94 bits per heavy atom. The highest BCUT2D eigenvalue weighted by Crippen LogP contribution is 2.35. The maximum Gasteiger partial charge on any atom is 0.165 e. The normalized spacial score (nSPS) is 12.2. The molecule has 0 aliphatic carbocycles. The summed E-state index contributed by atoms with van der Waals surface area (Å²) in [6, 6.07) is 8.88. The van der Waals surface area contributed by atoms with Crippen LogP contribution in [0.3, 0.4) is 0 Å². The largest absolute Gasteiger partial charge is 0.493 e. The molecule has 0 saturated heterocycles. The van der Waals surface area contributed by atoms with Crippen molar-refractivity contribution < 1.29 is 13.9 Å². The van der Waals surface area contributed by atoms with Gasteiger partial charge in [0.2, 0.25) is 0 Å². The van der Waals surface area contributed by atoms with Gasteiger partial charge in [-0.2, -0.15) is 0 Å². The Labute approximate surface area is 99.9 Å². The number of para-hydroxylation sites is 1. The zero-order valence-corrected chi connectivity index (χ0v) is 9.84. The van der Waals surface area contributed by atoms with Crippen molar-refractivity contribution in [2.75, 3.05) is 14.2 Å². The molecule has 4 heteroatoms. The van der Waals surface area contributed by atoms with Gasteiger partial charge in [0.1, 0.15) is 5.76 Å². The van der Waals surface area contributed by atoms with E-state index in [4.69, 9.17) is 19.6 Å². The average Bonchev–Trinajstić information content (AvgIpc) is 2.90. The van der Waals surface area contributed by atoms with Crippen LogP contribution in [0.5, 0.6) is 11.5 Å². The minimum atomic E-state index is -0.366. The van der Waals surface area contributed by atoms with Gasteiger partial charge in [0.15, 0.2) is 11.5 Å². The van der Waals surface area contributed by atoms with E-state index in [1.807, 2.05) is 30.3 Å². The van der Waals surface area contributed by atoms with Gasteiger partial charge in [0.05, 0.1) is 26.5 Å². The molecule has 0 aliphatic heterocycles. The number of furan rings is 1. The van der Waals surface area contributed by atoms with Crippen LogP contribution in [0.25, 0.3) is 0 Å². The lowest BCUT2D eigenvalue weighted by Crippen LogP contribution is -2.12. The first-order valence-electron chi connectivity index (χ1n) is 5.27. The summed E-state index contributed by atoms with van der Waals surface area (Å²) in [4.78, 5) is 0. The molecule has 17 heavy (non-hydrogen) atoms. The molecule has 1 aromatic heterocycles. The van der Waals surface area contributed by atoms with Crippen molar-refractivity contribution in [2.24, 2.45) is 5.73 Å². The van der Waals surface area contributed by atoms with Crippen molar-refractivity contribution in [3.05, 3.63) is 47.9 Å². The second-order valence-electron chi connectivity index (χ2n) is 3.58. The fraction of sp³-hybridized carbons (Fsp3) is 0.231. The smallest absolute Gasteiger partial charge is 0.165 e. The van der Waals surface area contributed by atoms with Crippen LogP contribution in [0.4, 0.5) is 0 Å². The van der Waals surface area contributed by atoms with E-state index >= 15 is 0 Å². The van der Waals surface area contributed by atoms with Gasteiger partial charge >= 0.3 is 0 Å². The van der Waals surface area contributed by atoms with Crippen LogP contribution >= 0.6 is 0 Å². The van der Waals surface area contributed by atoms with E-state index in [9.17, 15) is 0 Å². The number of rotatable bonds is 4.